The Kier molecular flexibility index (Phi) is 5.56. The third kappa shape index (κ3) is 4.87. The first-order chi connectivity index (χ1) is 11.5. The SMILES string of the molecule is CC(OC(=O)c1ccc(COc2ccccc2)o1)C(=O)NC(N)=O. The average molecular weight is 332 g/mol. The Balaban J connectivity index is 1.88. The molecule has 8 heteroatoms. The lowest BCUT2D eigenvalue weighted by molar-refractivity contribution is -0.127. The molecule has 1 aromatic heterocycles. The smallest absolute Gasteiger partial charge is 0.375 e. The lowest BCUT2D eigenvalue weighted by atomic mass is 10.3. The molecule has 1 unspecified atom stereocenters. The van der Waals surface area contributed by atoms with E-state index in [0.717, 1.165) is 0 Å². The molecule has 8 nitrogen and oxygen atoms in total. The summed E-state index contributed by atoms with van der Waals surface area (Å²) in [5, 5.41) is 1.82. The molecule has 0 saturated heterocycles. The third-order valence-electron chi connectivity index (χ3n) is 2.89. The number of nitrogens with two attached hydrogens (primary N) is 1. The van der Waals surface area contributed by atoms with Gasteiger partial charge < -0.3 is 19.6 Å². The van der Waals surface area contributed by atoms with Crippen molar-refractivity contribution in [3.05, 3.63) is 54.0 Å². The van der Waals surface area contributed by atoms with Crippen LogP contribution < -0.4 is 15.8 Å². The predicted octanol–water partition coefficient (Wildman–Crippen LogP) is 1.60. The van der Waals surface area contributed by atoms with Crippen LogP contribution in [0.1, 0.15) is 23.2 Å². The molecule has 126 valence electrons. The highest BCUT2D eigenvalue weighted by molar-refractivity contribution is 5.97. The maximum absolute atomic E-state index is 11.9. The van der Waals surface area contributed by atoms with Crippen LogP contribution in [-0.2, 0) is 16.1 Å². The van der Waals surface area contributed by atoms with Gasteiger partial charge in [-0.25, -0.2) is 9.59 Å². The minimum atomic E-state index is -1.20. The van der Waals surface area contributed by atoms with Crippen molar-refractivity contribution in [2.45, 2.75) is 19.6 Å². The van der Waals surface area contributed by atoms with E-state index < -0.39 is 24.0 Å². The van der Waals surface area contributed by atoms with Gasteiger partial charge in [0.05, 0.1) is 0 Å². The van der Waals surface area contributed by atoms with E-state index in [1.807, 2.05) is 23.5 Å². The molecule has 1 atom stereocenters. The second-order valence-electron chi connectivity index (χ2n) is 4.77. The van der Waals surface area contributed by atoms with E-state index in [-0.39, 0.29) is 12.4 Å². The Morgan fingerprint density at radius 2 is 1.88 bits per heavy atom. The molecule has 0 saturated carbocycles. The van der Waals surface area contributed by atoms with Crippen LogP contribution in [0.3, 0.4) is 0 Å². The first-order valence-electron chi connectivity index (χ1n) is 7.03. The van der Waals surface area contributed by atoms with Crippen LogP contribution in [0.2, 0.25) is 0 Å². The molecule has 3 N–H and O–H groups in total. The zero-order valence-electron chi connectivity index (χ0n) is 12.9. The summed E-state index contributed by atoms with van der Waals surface area (Å²) in [6.07, 6.45) is -1.20. The molecule has 24 heavy (non-hydrogen) atoms. The molecule has 1 heterocycles. The van der Waals surface area contributed by atoms with Gasteiger partial charge in [0.15, 0.2) is 6.10 Å². The van der Waals surface area contributed by atoms with Gasteiger partial charge >= 0.3 is 12.0 Å². The minimum absolute atomic E-state index is 0.0830. The van der Waals surface area contributed by atoms with Gasteiger partial charge in [-0.1, -0.05) is 18.2 Å². The number of urea groups is 1. The van der Waals surface area contributed by atoms with Crippen LogP contribution in [0.25, 0.3) is 0 Å². The van der Waals surface area contributed by atoms with Crippen molar-refractivity contribution in [3.63, 3.8) is 0 Å². The fourth-order valence-corrected chi connectivity index (χ4v) is 1.73. The quantitative estimate of drug-likeness (QED) is 0.775. The zero-order valence-corrected chi connectivity index (χ0v) is 12.9. The van der Waals surface area contributed by atoms with Gasteiger partial charge in [-0.3, -0.25) is 10.1 Å². The Morgan fingerprint density at radius 3 is 2.54 bits per heavy atom. The molecule has 0 aliphatic carbocycles. The molecular formula is C16H16N2O6. The van der Waals surface area contributed by atoms with Gasteiger partial charge in [0, 0.05) is 0 Å². The van der Waals surface area contributed by atoms with Gasteiger partial charge in [-0.05, 0) is 31.2 Å². The van der Waals surface area contributed by atoms with Gasteiger partial charge in [0.25, 0.3) is 5.91 Å². The maximum atomic E-state index is 11.9. The van der Waals surface area contributed by atoms with E-state index in [4.69, 9.17) is 19.6 Å². The Hall–Kier alpha value is -3.29. The molecule has 2 rings (SSSR count). The molecule has 1 aromatic carbocycles. The fraction of sp³-hybridized carbons (Fsp3) is 0.188. The fourth-order valence-electron chi connectivity index (χ4n) is 1.73. The number of ether oxygens (including phenoxy) is 2. The highest BCUT2D eigenvalue weighted by Gasteiger charge is 2.22. The number of hydrogen-bond donors (Lipinski definition) is 2. The van der Waals surface area contributed by atoms with E-state index in [1.54, 1.807) is 18.2 Å². The summed E-state index contributed by atoms with van der Waals surface area (Å²) in [4.78, 5) is 33.9. The van der Waals surface area contributed by atoms with Crippen LogP contribution in [0, 0.1) is 0 Å². The summed E-state index contributed by atoms with van der Waals surface area (Å²) < 4.78 is 15.7. The van der Waals surface area contributed by atoms with Crippen LogP contribution in [0.5, 0.6) is 5.75 Å². The summed E-state index contributed by atoms with van der Waals surface area (Å²) >= 11 is 0. The number of carbonyl (C=O) groups excluding carboxylic acids is 3. The molecule has 0 spiro atoms. The topological polar surface area (TPSA) is 121 Å². The number of nitrogens with one attached hydrogen (secondary N) is 1. The number of hydrogen-bond acceptors (Lipinski definition) is 6. The number of primary amides is 1. The number of para-hydroxylation sites is 1. The zero-order chi connectivity index (χ0) is 17.5. The second-order valence-corrected chi connectivity index (χ2v) is 4.77. The van der Waals surface area contributed by atoms with E-state index in [0.29, 0.717) is 11.5 Å². The third-order valence-corrected chi connectivity index (χ3v) is 2.89. The second kappa shape index (κ2) is 7.82. The van der Waals surface area contributed by atoms with Crippen LogP contribution >= 0.6 is 0 Å². The number of imide groups is 1. The van der Waals surface area contributed by atoms with Crippen molar-refractivity contribution >= 4 is 17.9 Å². The Labute approximate surface area is 137 Å². The van der Waals surface area contributed by atoms with Gasteiger partial charge in [0.1, 0.15) is 18.1 Å². The van der Waals surface area contributed by atoms with Crippen molar-refractivity contribution in [3.8, 4) is 5.75 Å². The predicted molar refractivity (Wildman–Crippen MR) is 82.1 cm³/mol. The molecule has 0 aliphatic heterocycles. The van der Waals surface area contributed by atoms with E-state index in [2.05, 4.69) is 0 Å². The minimum Gasteiger partial charge on any atom is -0.486 e. The summed E-state index contributed by atoms with van der Waals surface area (Å²) in [7, 11) is 0. The van der Waals surface area contributed by atoms with Crippen molar-refractivity contribution in [2.24, 2.45) is 5.73 Å². The number of esters is 1. The summed E-state index contributed by atoms with van der Waals surface area (Å²) in [6, 6.07) is 11.1. The van der Waals surface area contributed by atoms with Crippen molar-refractivity contribution < 1.29 is 28.3 Å². The average Bonchev–Trinajstić information content (AvgIpc) is 3.02. The summed E-state index contributed by atoms with van der Waals surface area (Å²) in [5.74, 6) is -0.668. The molecule has 0 bridgehead atoms. The summed E-state index contributed by atoms with van der Waals surface area (Å²) in [6.45, 7) is 1.44. The lowest BCUT2D eigenvalue weighted by Crippen LogP contribution is -2.42. The standard InChI is InChI=1S/C16H16N2O6/c1-10(14(19)18-16(17)21)23-15(20)13-8-7-12(24-13)9-22-11-5-3-2-4-6-11/h2-8,10H,9H2,1H3,(H3,17,18,19,21). The number of benzene rings is 1. The molecule has 0 fully saturated rings. The van der Waals surface area contributed by atoms with Gasteiger partial charge in [-0.15, -0.1) is 0 Å². The van der Waals surface area contributed by atoms with Crippen molar-refractivity contribution in [1.29, 1.82) is 0 Å². The maximum Gasteiger partial charge on any atom is 0.375 e. The first-order valence-corrected chi connectivity index (χ1v) is 7.03. The van der Waals surface area contributed by atoms with Gasteiger partial charge in [0.2, 0.25) is 5.76 Å². The molecule has 3 amide bonds. The highest BCUT2D eigenvalue weighted by atomic mass is 16.6. The number of furan rings is 1. The number of amides is 3. The Morgan fingerprint density at radius 1 is 1.17 bits per heavy atom. The van der Waals surface area contributed by atoms with Gasteiger partial charge in [-0.2, -0.15) is 0 Å². The molecule has 0 radical (unpaired) electrons. The van der Waals surface area contributed by atoms with Crippen molar-refractivity contribution in [2.75, 3.05) is 0 Å². The highest BCUT2D eigenvalue weighted by Crippen LogP contribution is 2.15. The summed E-state index contributed by atoms with van der Waals surface area (Å²) in [5.41, 5.74) is 4.81. The number of carbonyl (C=O) groups is 3. The largest absolute Gasteiger partial charge is 0.486 e. The molecule has 2 aromatic rings. The Bertz CT molecular complexity index is 725. The molecule has 0 aliphatic rings. The monoisotopic (exact) mass is 332 g/mol. The van der Waals surface area contributed by atoms with E-state index >= 15 is 0 Å². The first kappa shape index (κ1) is 17.1. The van der Waals surface area contributed by atoms with Crippen molar-refractivity contribution in [1.82, 2.24) is 5.32 Å². The molecular weight excluding hydrogens is 316 g/mol. The van der Waals surface area contributed by atoms with Crippen LogP contribution in [0.4, 0.5) is 4.79 Å². The van der Waals surface area contributed by atoms with E-state index in [9.17, 15) is 14.4 Å². The number of rotatable bonds is 6. The van der Waals surface area contributed by atoms with Crippen LogP contribution in [0.15, 0.2) is 46.9 Å². The van der Waals surface area contributed by atoms with Crippen LogP contribution in [-0.4, -0.2) is 24.0 Å². The normalized spacial score (nSPS) is 11.4. The lowest BCUT2D eigenvalue weighted by Gasteiger charge is -2.10. The van der Waals surface area contributed by atoms with E-state index in [1.165, 1.54) is 13.0 Å².